The smallest absolute Gasteiger partial charge is 0.306 e. The number of pyridine rings is 1. The Bertz CT molecular complexity index is 583. The minimum Gasteiger partial charge on any atom is -0.460 e. The minimum absolute atomic E-state index is 0.0428. The average molecular weight is 316 g/mol. The monoisotopic (exact) mass is 316 g/mol. The highest BCUT2D eigenvalue weighted by molar-refractivity contribution is 5.70. The van der Waals surface area contributed by atoms with Crippen molar-refractivity contribution in [1.82, 2.24) is 4.98 Å². The standard InChI is InChI=1S/C19H28N2O2/c1-18(2,3)23-15(22)11-13-6-8-19(9-7-13)12-14-5-4-10-21-16(14)17(19)20/h4-5,10,13,17H,6-9,11-12,20H2,1-3H3. The Hall–Kier alpha value is -1.42. The molecule has 4 nitrogen and oxygen atoms in total. The van der Waals surface area contributed by atoms with E-state index in [1.807, 2.05) is 33.0 Å². The van der Waals surface area contributed by atoms with Gasteiger partial charge in [-0.25, -0.2) is 0 Å². The molecule has 0 saturated heterocycles. The Morgan fingerprint density at radius 2 is 2.09 bits per heavy atom. The molecule has 1 unspecified atom stereocenters. The number of esters is 1. The van der Waals surface area contributed by atoms with E-state index < -0.39 is 5.60 Å². The third-order valence-electron chi connectivity index (χ3n) is 5.40. The van der Waals surface area contributed by atoms with Crippen LogP contribution in [-0.2, 0) is 16.0 Å². The second kappa shape index (κ2) is 5.90. The van der Waals surface area contributed by atoms with Crippen molar-refractivity contribution in [3.63, 3.8) is 0 Å². The predicted octanol–water partition coefficient (Wildman–Crippen LogP) is 3.55. The Morgan fingerprint density at radius 1 is 1.39 bits per heavy atom. The molecular formula is C19H28N2O2. The lowest BCUT2D eigenvalue weighted by atomic mass is 9.66. The van der Waals surface area contributed by atoms with E-state index >= 15 is 0 Å². The van der Waals surface area contributed by atoms with Crippen molar-refractivity contribution in [1.29, 1.82) is 0 Å². The topological polar surface area (TPSA) is 65.2 Å². The fraction of sp³-hybridized carbons (Fsp3) is 0.684. The molecule has 3 rings (SSSR count). The number of fused-ring (bicyclic) bond motifs is 1. The van der Waals surface area contributed by atoms with Crippen molar-refractivity contribution in [3.05, 3.63) is 29.6 Å². The van der Waals surface area contributed by atoms with Gasteiger partial charge in [0.25, 0.3) is 0 Å². The Morgan fingerprint density at radius 3 is 2.70 bits per heavy atom. The van der Waals surface area contributed by atoms with E-state index in [2.05, 4.69) is 11.1 Å². The van der Waals surface area contributed by atoms with Crippen LogP contribution in [0.2, 0.25) is 0 Å². The largest absolute Gasteiger partial charge is 0.460 e. The molecule has 0 bridgehead atoms. The molecule has 0 radical (unpaired) electrons. The number of aromatic nitrogens is 1. The maximum Gasteiger partial charge on any atom is 0.306 e. The molecule has 1 atom stereocenters. The summed E-state index contributed by atoms with van der Waals surface area (Å²) in [5.41, 5.74) is 8.68. The van der Waals surface area contributed by atoms with Gasteiger partial charge in [-0.1, -0.05) is 6.07 Å². The van der Waals surface area contributed by atoms with Gasteiger partial charge in [-0.2, -0.15) is 0 Å². The lowest BCUT2D eigenvalue weighted by Crippen LogP contribution is -2.36. The highest BCUT2D eigenvalue weighted by atomic mass is 16.6. The molecule has 4 heteroatoms. The van der Waals surface area contributed by atoms with E-state index in [0.29, 0.717) is 12.3 Å². The van der Waals surface area contributed by atoms with Crippen molar-refractivity contribution >= 4 is 5.97 Å². The summed E-state index contributed by atoms with van der Waals surface area (Å²) in [6.07, 6.45) is 7.69. The molecule has 2 aliphatic rings. The van der Waals surface area contributed by atoms with Crippen molar-refractivity contribution in [3.8, 4) is 0 Å². The van der Waals surface area contributed by atoms with Crippen LogP contribution in [0.4, 0.5) is 0 Å². The first-order valence-electron chi connectivity index (χ1n) is 8.70. The molecule has 1 saturated carbocycles. The number of hydrogen-bond acceptors (Lipinski definition) is 4. The Kier molecular flexibility index (Phi) is 4.21. The molecule has 0 aromatic carbocycles. The van der Waals surface area contributed by atoms with Gasteiger partial charge in [0.2, 0.25) is 0 Å². The van der Waals surface area contributed by atoms with Gasteiger partial charge in [-0.15, -0.1) is 0 Å². The van der Waals surface area contributed by atoms with Gasteiger partial charge in [0.05, 0.1) is 11.7 Å². The summed E-state index contributed by atoms with van der Waals surface area (Å²) in [4.78, 5) is 16.5. The highest BCUT2D eigenvalue weighted by Crippen LogP contribution is 2.53. The van der Waals surface area contributed by atoms with Crippen LogP contribution in [0, 0.1) is 11.3 Å². The van der Waals surface area contributed by atoms with Crippen molar-refractivity contribution in [2.75, 3.05) is 0 Å². The number of hydrogen-bond donors (Lipinski definition) is 1. The lowest BCUT2D eigenvalue weighted by molar-refractivity contribution is -0.156. The van der Waals surface area contributed by atoms with Crippen LogP contribution in [-0.4, -0.2) is 16.6 Å². The first-order valence-corrected chi connectivity index (χ1v) is 8.70. The van der Waals surface area contributed by atoms with Crippen LogP contribution in [0.3, 0.4) is 0 Å². The first kappa shape index (κ1) is 16.4. The highest BCUT2D eigenvalue weighted by Gasteiger charge is 2.47. The third kappa shape index (κ3) is 3.42. The molecular weight excluding hydrogens is 288 g/mol. The average Bonchev–Trinajstić information content (AvgIpc) is 2.73. The molecule has 1 spiro atoms. The van der Waals surface area contributed by atoms with Crippen molar-refractivity contribution in [2.45, 2.75) is 70.9 Å². The van der Waals surface area contributed by atoms with Gasteiger partial charge in [0, 0.05) is 12.6 Å². The first-order chi connectivity index (χ1) is 10.8. The van der Waals surface area contributed by atoms with E-state index in [4.69, 9.17) is 10.5 Å². The fourth-order valence-corrected chi connectivity index (χ4v) is 4.22. The number of rotatable bonds is 2. The van der Waals surface area contributed by atoms with E-state index in [1.54, 1.807) is 0 Å². The maximum atomic E-state index is 12.0. The molecule has 2 aliphatic carbocycles. The summed E-state index contributed by atoms with van der Waals surface area (Å²) in [7, 11) is 0. The van der Waals surface area contributed by atoms with Crippen LogP contribution in [0.5, 0.6) is 0 Å². The molecule has 2 N–H and O–H groups in total. The molecule has 1 fully saturated rings. The summed E-state index contributed by atoms with van der Waals surface area (Å²) in [5, 5.41) is 0. The third-order valence-corrected chi connectivity index (χ3v) is 5.40. The summed E-state index contributed by atoms with van der Waals surface area (Å²) in [6, 6.07) is 4.20. The van der Waals surface area contributed by atoms with Crippen LogP contribution >= 0.6 is 0 Å². The molecule has 126 valence electrons. The van der Waals surface area contributed by atoms with Crippen molar-refractivity contribution in [2.24, 2.45) is 17.1 Å². The van der Waals surface area contributed by atoms with Gasteiger partial charge in [-0.05, 0) is 75.8 Å². The minimum atomic E-state index is -0.395. The molecule has 23 heavy (non-hydrogen) atoms. The zero-order valence-electron chi connectivity index (χ0n) is 14.5. The molecule has 1 aromatic rings. The summed E-state index contributed by atoms with van der Waals surface area (Å²) >= 11 is 0. The second-order valence-corrected chi connectivity index (χ2v) is 8.30. The van der Waals surface area contributed by atoms with Crippen LogP contribution in [0.25, 0.3) is 0 Å². The number of carbonyl (C=O) groups excluding carboxylic acids is 1. The Labute approximate surface area is 138 Å². The maximum absolute atomic E-state index is 12.0. The van der Waals surface area contributed by atoms with Gasteiger partial charge in [0.15, 0.2) is 0 Å². The molecule has 1 heterocycles. The second-order valence-electron chi connectivity index (χ2n) is 8.30. The number of nitrogens with two attached hydrogens (primary N) is 1. The van der Waals surface area contributed by atoms with Gasteiger partial charge in [0.1, 0.15) is 5.60 Å². The molecule has 0 aliphatic heterocycles. The van der Waals surface area contributed by atoms with Crippen LogP contribution in [0.15, 0.2) is 18.3 Å². The predicted molar refractivity (Wildman–Crippen MR) is 89.7 cm³/mol. The zero-order valence-corrected chi connectivity index (χ0v) is 14.5. The Balaban J connectivity index is 1.58. The quantitative estimate of drug-likeness (QED) is 0.848. The molecule has 0 amide bonds. The molecule has 1 aromatic heterocycles. The lowest BCUT2D eigenvalue weighted by Gasteiger charge is -2.40. The number of nitrogens with zero attached hydrogens (tertiary/aromatic N) is 1. The normalized spacial score (nSPS) is 30.3. The van der Waals surface area contributed by atoms with Crippen LogP contribution in [0.1, 0.15) is 70.2 Å². The number of ether oxygens (including phenoxy) is 1. The summed E-state index contributed by atoms with van der Waals surface area (Å²) < 4.78 is 5.46. The van der Waals surface area contributed by atoms with Crippen LogP contribution < -0.4 is 5.73 Å². The van der Waals surface area contributed by atoms with E-state index in [-0.39, 0.29) is 17.4 Å². The van der Waals surface area contributed by atoms with E-state index in [0.717, 1.165) is 37.8 Å². The van der Waals surface area contributed by atoms with E-state index in [1.165, 1.54) is 5.56 Å². The summed E-state index contributed by atoms with van der Waals surface area (Å²) in [5.74, 6) is 0.360. The van der Waals surface area contributed by atoms with Gasteiger partial charge < -0.3 is 10.5 Å². The van der Waals surface area contributed by atoms with Gasteiger partial charge in [-0.3, -0.25) is 9.78 Å². The van der Waals surface area contributed by atoms with Gasteiger partial charge >= 0.3 is 5.97 Å². The fourth-order valence-electron chi connectivity index (χ4n) is 4.22. The van der Waals surface area contributed by atoms with Crippen molar-refractivity contribution < 1.29 is 9.53 Å². The SMILES string of the molecule is CC(C)(C)OC(=O)CC1CCC2(CC1)Cc1cccnc1C2N. The number of carbonyl (C=O) groups is 1. The zero-order chi connectivity index (χ0) is 16.7. The summed E-state index contributed by atoms with van der Waals surface area (Å²) in [6.45, 7) is 5.76. The van der Waals surface area contributed by atoms with E-state index in [9.17, 15) is 4.79 Å².